The van der Waals surface area contributed by atoms with E-state index in [1.54, 1.807) is 7.11 Å². The molecule has 1 aliphatic carbocycles. The Balaban J connectivity index is 1.44. The molecule has 1 aromatic rings. The van der Waals surface area contributed by atoms with E-state index < -0.39 is 0 Å². The first-order valence-electron chi connectivity index (χ1n) is 7.81. The van der Waals surface area contributed by atoms with Crippen LogP contribution in [0.1, 0.15) is 37.2 Å². The number of rotatable bonds is 5. The highest BCUT2D eigenvalue weighted by molar-refractivity contribution is 7.99. The number of benzene rings is 1. The fraction of sp³-hybridized carbons (Fsp3) is 0.647. The average molecular weight is 291 g/mol. The lowest BCUT2D eigenvalue weighted by Gasteiger charge is -2.38. The molecular formula is C17H25NOS. The zero-order chi connectivity index (χ0) is 13.8. The van der Waals surface area contributed by atoms with E-state index in [4.69, 9.17) is 4.74 Å². The summed E-state index contributed by atoms with van der Waals surface area (Å²) in [4.78, 5) is 0. The molecule has 1 aromatic carbocycles. The van der Waals surface area contributed by atoms with Crippen LogP contribution in [-0.4, -0.2) is 31.2 Å². The summed E-state index contributed by atoms with van der Waals surface area (Å²) < 4.78 is 5.47. The number of para-hydroxylation sites is 1. The molecule has 3 rings (SSSR count). The molecule has 1 aliphatic heterocycles. The molecule has 110 valence electrons. The van der Waals surface area contributed by atoms with Crippen LogP contribution in [-0.2, 0) is 0 Å². The molecule has 2 fully saturated rings. The maximum Gasteiger partial charge on any atom is 0.122 e. The quantitative estimate of drug-likeness (QED) is 0.894. The molecule has 2 aliphatic rings. The third-order valence-corrected chi connectivity index (χ3v) is 5.80. The van der Waals surface area contributed by atoms with E-state index >= 15 is 0 Å². The van der Waals surface area contributed by atoms with Gasteiger partial charge in [-0.1, -0.05) is 18.2 Å². The van der Waals surface area contributed by atoms with Crippen LogP contribution in [0, 0.1) is 5.92 Å². The van der Waals surface area contributed by atoms with Crippen LogP contribution in [0.3, 0.4) is 0 Å². The first-order valence-corrected chi connectivity index (χ1v) is 8.96. The molecule has 1 N–H and O–H groups in total. The number of thioether (sulfide) groups is 1. The molecule has 3 heteroatoms. The predicted molar refractivity (Wildman–Crippen MR) is 86.8 cm³/mol. The third kappa shape index (κ3) is 3.32. The fourth-order valence-corrected chi connectivity index (χ4v) is 4.53. The van der Waals surface area contributed by atoms with Crippen LogP contribution in [0.25, 0.3) is 0 Å². The second-order valence-electron chi connectivity index (χ2n) is 6.07. The van der Waals surface area contributed by atoms with Crippen LogP contribution in [0.15, 0.2) is 24.3 Å². The number of hydrogen-bond acceptors (Lipinski definition) is 3. The Labute approximate surface area is 126 Å². The Morgan fingerprint density at radius 1 is 1.20 bits per heavy atom. The molecule has 2 nitrogen and oxygen atoms in total. The fourth-order valence-electron chi connectivity index (χ4n) is 3.33. The highest BCUT2D eigenvalue weighted by Gasteiger charge is 2.32. The molecule has 20 heavy (non-hydrogen) atoms. The van der Waals surface area contributed by atoms with Crippen molar-refractivity contribution in [3.8, 4) is 5.75 Å². The van der Waals surface area contributed by atoms with Crippen molar-refractivity contribution in [2.45, 2.75) is 37.6 Å². The largest absolute Gasteiger partial charge is 0.496 e. The van der Waals surface area contributed by atoms with Crippen LogP contribution >= 0.6 is 11.8 Å². The SMILES string of the molecule is COc1ccccc1C1CC(NCC2CCSCC2)C1. The Kier molecular flexibility index (Phi) is 4.90. The first kappa shape index (κ1) is 14.3. The molecule has 0 amide bonds. The second kappa shape index (κ2) is 6.86. The standard InChI is InChI=1S/C17H25NOS/c1-19-17-5-3-2-4-16(17)14-10-15(11-14)18-12-13-6-8-20-9-7-13/h2-5,13-15,18H,6-12H2,1H3. The summed E-state index contributed by atoms with van der Waals surface area (Å²) in [7, 11) is 1.77. The molecule has 0 unspecified atom stereocenters. The first-order chi connectivity index (χ1) is 9.86. The van der Waals surface area contributed by atoms with Gasteiger partial charge in [0.2, 0.25) is 0 Å². The van der Waals surface area contributed by atoms with Crippen molar-refractivity contribution >= 4 is 11.8 Å². The van der Waals surface area contributed by atoms with Gasteiger partial charge in [-0.2, -0.15) is 11.8 Å². The van der Waals surface area contributed by atoms with Crippen LogP contribution in [0.4, 0.5) is 0 Å². The van der Waals surface area contributed by atoms with Crippen LogP contribution in [0.2, 0.25) is 0 Å². The van der Waals surface area contributed by atoms with Gasteiger partial charge in [-0.25, -0.2) is 0 Å². The van der Waals surface area contributed by atoms with Gasteiger partial charge >= 0.3 is 0 Å². The highest BCUT2D eigenvalue weighted by atomic mass is 32.2. The van der Waals surface area contributed by atoms with Gasteiger partial charge in [0.05, 0.1) is 7.11 Å². The third-order valence-electron chi connectivity index (χ3n) is 4.75. The molecule has 1 saturated heterocycles. The lowest BCUT2D eigenvalue weighted by atomic mass is 9.75. The van der Waals surface area contributed by atoms with E-state index in [9.17, 15) is 0 Å². The summed E-state index contributed by atoms with van der Waals surface area (Å²) >= 11 is 2.11. The molecule has 0 atom stereocenters. The summed E-state index contributed by atoms with van der Waals surface area (Å²) in [6.07, 6.45) is 5.34. The smallest absolute Gasteiger partial charge is 0.122 e. The van der Waals surface area contributed by atoms with Crippen molar-refractivity contribution in [3.05, 3.63) is 29.8 Å². The van der Waals surface area contributed by atoms with Gasteiger partial charge in [-0.15, -0.1) is 0 Å². The van der Waals surface area contributed by atoms with E-state index in [1.165, 1.54) is 49.3 Å². The minimum absolute atomic E-state index is 0.686. The van der Waals surface area contributed by atoms with Gasteiger partial charge in [0.15, 0.2) is 0 Å². The summed E-state index contributed by atoms with van der Waals surface area (Å²) in [5, 5.41) is 3.78. The van der Waals surface area contributed by atoms with Gasteiger partial charge in [0, 0.05) is 6.04 Å². The van der Waals surface area contributed by atoms with Crippen molar-refractivity contribution < 1.29 is 4.74 Å². The number of methoxy groups -OCH3 is 1. The van der Waals surface area contributed by atoms with E-state index in [-0.39, 0.29) is 0 Å². The molecule has 1 heterocycles. The van der Waals surface area contributed by atoms with Gasteiger partial charge < -0.3 is 10.1 Å². The molecule has 0 bridgehead atoms. The maximum atomic E-state index is 5.47. The summed E-state index contributed by atoms with van der Waals surface area (Å²) in [6, 6.07) is 9.20. The van der Waals surface area contributed by atoms with Crippen molar-refractivity contribution in [3.63, 3.8) is 0 Å². The molecule has 0 radical (unpaired) electrons. The van der Waals surface area contributed by atoms with Crippen molar-refractivity contribution in [1.29, 1.82) is 0 Å². The molecule has 0 spiro atoms. The Hall–Kier alpha value is -0.670. The van der Waals surface area contributed by atoms with Gasteiger partial charge in [0.25, 0.3) is 0 Å². The van der Waals surface area contributed by atoms with Crippen LogP contribution < -0.4 is 10.1 Å². The van der Waals surface area contributed by atoms with Gasteiger partial charge in [0.1, 0.15) is 5.75 Å². The average Bonchev–Trinajstić information content (AvgIpc) is 2.47. The lowest BCUT2D eigenvalue weighted by molar-refractivity contribution is 0.266. The Morgan fingerprint density at radius 3 is 2.70 bits per heavy atom. The zero-order valence-corrected chi connectivity index (χ0v) is 13.1. The number of hydrogen-bond donors (Lipinski definition) is 1. The predicted octanol–water partition coefficient (Wildman–Crippen LogP) is 3.67. The van der Waals surface area contributed by atoms with Crippen molar-refractivity contribution in [1.82, 2.24) is 5.32 Å². The molecular weight excluding hydrogens is 266 g/mol. The lowest BCUT2D eigenvalue weighted by Crippen LogP contribution is -2.42. The van der Waals surface area contributed by atoms with Gasteiger partial charge in [-0.05, 0) is 67.2 Å². The van der Waals surface area contributed by atoms with Crippen molar-refractivity contribution in [2.24, 2.45) is 5.92 Å². The second-order valence-corrected chi connectivity index (χ2v) is 7.30. The van der Waals surface area contributed by atoms with E-state index in [0.29, 0.717) is 5.92 Å². The Morgan fingerprint density at radius 2 is 1.95 bits per heavy atom. The molecule has 0 aromatic heterocycles. The summed E-state index contributed by atoms with van der Waals surface area (Å²) in [5.74, 6) is 5.38. The van der Waals surface area contributed by atoms with E-state index in [2.05, 4.69) is 41.3 Å². The number of nitrogens with one attached hydrogen (secondary N) is 1. The minimum Gasteiger partial charge on any atom is -0.496 e. The topological polar surface area (TPSA) is 21.3 Å². The zero-order valence-electron chi connectivity index (χ0n) is 12.3. The monoisotopic (exact) mass is 291 g/mol. The Bertz CT molecular complexity index is 425. The summed E-state index contributed by atoms with van der Waals surface area (Å²) in [5.41, 5.74) is 1.39. The number of ether oxygens (including phenoxy) is 1. The van der Waals surface area contributed by atoms with Gasteiger partial charge in [-0.3, -0.25) is 0 Å². The van der Waals surface area contributed by atoms with Crippen LogP contribution in [0.5, 0.6) is 5.75 Å². The minimum atomic E-state index is 0.686. The summed E-state index contributed by atoms with van der Waals surface area (Å²) in [6.45, 7) is 1.23. The van der Waals surface area contributed by atoms with Crippen molar-refractivity contribution in [2.75, 3.05) is 25.2 Å². The van der Waals surface area contributed by atoms with E-state index in [1.807, 2.05) is 0 Å². The highest BCUT2D eigenvalue weighted by Crippen LogP contribution is 2.41. The maximum absolute atomic E-state index is 5.47. The normalized spacial score (nSPS) is 27.1. The molecule has 1 saturated carbocycles. The van der Waals surface area contributed by atoms with E-state index in [0.717, 1.165) is 17.7 Å².